The first kappa shape index (κ1) is 17.6. The third-order valence-corrected chi connectivity index (χ3v) is 3.70. The fraction of sp³-hybridized carbons (Fsp3) is 0.429. The summed E-state index contributed by atoms with van der Waals surface area (Å²) in [6.07, 6.45) is 1.10. The summed E-state index contributed by atoms with van der Waals surface area (Å²) in [5, 5.41) is 3.77. The lowest BCUT2D eigenvalue weighted by molar-refractivity contribution is 0.321. The van der Waals surface area contributed by atoms with Crippen LogP contribution in [0.4, 0.5) is 0 Å². The zero-order chi connectivity index (χ0) is 15.0. The molecule has 0 aliphatic rings. The Balaban J connectivity index is 2.84. The second kappa shape index (κ2) is 9.50. The summed E-state index contributed by atoms with van der Waals surface area (Å²) >= 11 is 14.8. The van der Waals surface area contributed by atoms with Crippen molar-refractivity contribution in [3.05, 3.63) is 32.7 Å². The summed E-state index contributed by atoms with van der Waals surface area (Å²) in [6, 6.07) is 3.94. The molecule has 1 N–H and O–H groups in total. The number of nitrogens with one attached hydrogen (secondary N) is 1. The number of hydrogen-bond acceptors (Lipinski definition) is 3. The minimum absolute atomic E-state index is 0.202. The van der Waals surface area contributed by atoms with Gasteiger partial charge in [-0.3, -0.25) is 0 Å². The van der Waals surface area contributed by atoms with Crippen molar-refractivity contribution in [1.29, 1.82) is 0 Å². The van der Waals surface area contributed by atoms with Gasteiger partial charge in [-0.1, -0.05) is 30.1 Å². The van der Waals surface area contributed by atoms with Gasteiger partial charge in [0.2, 0.25) is 0 Å². The second-order valence-corrected chi connectivity index (χ2v) is 5.69. The summed E-state index contributed by atoms with van der Waals surface area (Å²) in [4.78, 5) is 0. The summed E-state index contributed by atoms with van der Waals surface area (Å²) in [5.74, 6) is 1.27. The Bertz CT molecular complexity index is 467. The molecule has 0 bridgehead atoms. The van der Waals surface area contributed by atoms with Crippen LogP contribution in [0.5, 0.6) is 11.5 Å². The van der Waals surface area contributed by atoms with E-state index in [0.717, 1.165) is 29.5 Å². The number of halogens is 3. The maximum atomic E-state index is 5.82. The van der Waals surface area contributed by atoms with E-state index in [9.17, 15) is 0 Å². The van der Waals surface area contributed by atoms with E-state index in [0.29, 0.717) is 16.5 Å². The molecular formula is C14H18BrCl2NO2. The van der Waals surface area contributed by atoms with Gasteiger partial charge in [-0.15, -0.1) is 0 Å². The summed E-state index contributed by atoms with van der Waals surface area (Å²) in [7, 11) is 1.61. The van der Waals surface area contributed by atoms with E-state index < -0.39 is 0 Å². The SMILES string of the molecule is CCCNCc1cc(Br)c(OCC(Cl)=CCl)c(OC)c1. The molecule has 6 heteroatoms. The molecule has 0 heterocycles. The van der Waals surface area contributed by atoms with Crippen molar-refractivity contribution >= 4 is 39.1 Å². The van der Waals surface area contributed by atoms with Crippen molar-refractivity contribution in [2.75, 3.05) is 20.3 Å². The van der Waals surface area contributed by atoms with Gasteiger partial charge in [0.15, 0.2) is 11.5 Å². The molecule has 112 valence electrons. The fourth-order valence-corrected chi connectivity index (χ4v) is 2.32. The molecule has 1 aromatic rings. The fourth-order valence-electron chi connectivity index (χ4n) is 1.60. The van der Waals surface area contributed by atoms with E-state index in [1.165, 1.54) is 5.54 Å². The van der Waals surface area contributed by atoms with Gasteiger partial charge in [0, 0.05) is 12.1 Å². The lowest BCUT2D eigenvalue weighted by Gasteiger charge is -2.14. The van der Waals surface area contributed by atoms with E-state index in [-0.39, 0.29) is 6.61 Å². The zero-order valence-electron chi connectivity index (χ0n) is 11.5. The maximum Gasteiger partial charge on any atom is 0.175 e. The molecule has 0 atom stereocenters. The predicted octanol–water partition coefficient (Wildman–Crippen LogP) is 4.66. The highest BCUT2D eigenvalue weighted by Gasteiger charge is 2.12. The van der Waals surface area contributed by atoms with Crippen LogP contribution in [-0.2, 0) is 6.54 Å². The third-order valence-electron chi connectivity index (χ3n) is 2.52. The molecule has 0 aromatic heterocycles. The minimum Gasteiger partial charge on any atom is -0.493 e. The van der Waals surface area contributed by atoms with Crippen molar-refractivity contribution in [2.24, 2.45) is 0 Å². The quantitative estimate of drug-likeness (QED) is 0.663. The first-order valence-electron chi connectivity index (χ1n) is 6.27. The van der Waals surface area contributed by atoms with Crippen LogP contribution in [0.2, 0.25) is 0 Å². The van der Waals surface area contributed by atoms with Gasteiger partial charge in [0.25, 0.3) is 0 Å². The van der Waals surface area contributed by atoms with Crippen LogP contribution in [0.3, 0.4) is 0 Å². The summed E-state index contributed by atoms with van der Waals surface area (Å²) in [5.41, 5.74) is 2.40. The Morgan fingerprint density at radius 2 is 2.20 bits per heavy atom. The molecule has 0 radical (unpaired) electrons. The molecule has 0 amide bonds. The minimum atomic E-state index is 0.202. The third kappa shape index (κ3) is 5.52. The highest BCUT2D eigenvalue weighted by Crippen LogP contribution is 2.37. The molecule has 0 aliphatic carbocycles. The predicted molar refractivity (Wildman–Crippen MR) is 88.0 cm³/mol. The molecule has 1 aromatic carbocycles. The molecule has 3 nitrogen and oxygen atoms in total. The van der Waals surface area contributed by atoms with Gasteiger partial charge in [-0.2, -0.15) is 0 Å². The molecular weight excluding hydrogens is 365 g/mol. The number of rotatable bonds is 8. The Morgan fingerprint density at radius 3 is 2.80 bits per heavy atom. The van der Waals surface area contributed by atoms with Crippen molar-refractivity contribution in [1.82, 2.24) is 5.32 Å². The maximum absolute atomic E-state index is 5.82. The highest BCUT2D eigenvalue weighted by atomic mass is 79.9. The molecule has 0 spiro atoms. The van der Waals surface area contributed by atoms with Gasteiger partial charge in [0.1, 0.15) is 6.61 Å². The monoisotopic (exact) mass is 381 g/mol. The van der Waals surface area contributed by atoms with E-state index >= 15 is 0 Å². The van der Waals surface area contributed by atoms with Crippen molar-refractivity contribution in [2.45, 2.75) is 19.9 Å². The zero-order valence-corrected chi connectivity index (χ0v) is 14.6. The lowest BCUT2D eigenvalue weighted by Crippen LogP contribution is -2.14. The Hall–Kier alpha value is -0.420. The van der Waals surface area contributed by atoms with Gasteiger partial charge >= 0.3 is 0 Å². The number of benzene rings is 1. The first-order chi connectivity index (χ1) is 9.62. The van der Waals surface area contributed by atoms with Gasteiger partial charge < -0.3 is 14.8 Å². The van der Waals surface area contributed by atoms with Crippen LogP contribution < -0.4 is 14.8 Å². The topological polar surface area (TPSA) is 30.5 Å². The van der Waals surface area contributed by atoms with E-state index in [4.69, 9.17) is 32.7 Å². The molecule has 0 aliphatic heterocycles. The van der Waals surface area contributed by atoms with Crippen LogP contribution in [0, 0.1) is 0 Å². The molecule has 20 heavy (non-hydrogen) atoms. The smallest absolute Gasteiger partial charge is 0.175 e. The van der Waals surface area contributed by atoms with Crippen LogP contribution in [0.25, 0.3) is 0 Å². The first-order valence-corrected chi connectivity index (χ1v) is 7.87. The van der Waals surface area contributed by atoms with E-state index in [2.05, 4.69) is 28.2 Å². The van der Waals surface area contributed by atoms with Crippen molar-refractivity contribution < 1.29 is 9.47 Å². The molecule has 1 rings (SSSR count). The van der Waals surface area contributed by atoms with Gasteiger partial charge in [0.05, 0.1) is 16.6 Å². The van der Waals surface area contributed by atoms with Crippen LogP contribution >= 0.6 is 39.1 Å². The largest absolute Gasteiger partial charge is 0.493 e. The molecule has 0 unspecified atom stereocenters. The van der Waals surface area contributed by atoms with Gasteiger partial charge in [-0.05, 0) is 46.6 Å². The van der Waals surface area contributed by atoms with E-state index in [1.54, 1.807) is 7.11 Å². The molecule has 0 fully saturated rings. The number of hydrogen-bond donors (Lipinski definition) is 1. The van der Waals surface area contributed by atoms with Gasteiger partial charge in [-0.25, -0.2) is 0 Å². The Morgan fingerprint density at radius 1 is 1.45 bits per heavy atom. The Labute approximate surface area is 138 Å². The number of ether oxygens (including phenoxy) is 2. The number of methoxy groups -OCH3 is 1. The van der Waals surface area contributed by atoms with Crippen LogP contribution in [0.15, 0.2) is 27.2 Å². The summed E-state index contributed by atoms with van der Waals surface area (Å²) < 4.78 is 11.8. The molecule has 0 saturated heterocycles. The lowest BCUT2D eigenvalue weighted by atomic mass is 10.2. The average molecular weight is 383 g/mol. The average Bonchev–Trinajstić information content (AvgIpc) is 2.45. The molecule has 0 saturated carbocycles. The summed E-state index contributed by atoms with van der Waals surface area (Å²) in [6.45, 7) is 4.10. The van der Waals surface area contributed by atoms with E-state index in [1.807, 2.05) is 12.1 Å². The van der Waals surface area contributed by atoms with Crippen LogP contribution in [0.1, 0.15) is 18.9 Å². The van der Waals surface area contributed by atoms with Crippen LogP contribution in [-0.4, -0.2) is 20.3 Å². The second-order valence-electron chi connectivity index (χ2n) is 4.13. The normalized spacial score (nSPS) is 11.6. The highest BCUT2D eigenvalue weighted by molar-refractivity contribution is 9.10. The standard InChI is InChI=1S/C14H18BrCl2NO2/c1-3-4-18-8-10-5-12(15)14(13(6-10)19-2)20-9-11(17)7-16/h5-7,18H,3-4,8-9H2,1-2H3. The van der Waals surface area contributed by atoms with Crippen molar-refractivity contribution in [3.63, 3.8) is 0 Å². The van der Waals surface area contributed by atoms with Crippen molar-refractivity contribution in [3.8, 4) is 11.5 Å². The Kier molecular flexibility index (Phi) is 8.38.